The molecule has 1 aromatic rings. The minimum absolute atomic E-state index is 0.0822. The van der Waals surface area contributed by atoms with Crippen LogP contribution < -0.4 is 0 Å². The number of carbonyl (C=O) groups is 2. The van der Waals surface area contributed by atoms with Gasteiger partial charge < -0.3 is 9.47 Å². The molecular weight excluding hydrogens is 371 g/mol. The van der Waals surface area contributed by atoms with E-state index >= 15 is 0 Å². The summed E-state index contributed by atoms with van der Waals surface area (Å²) in [5, 5.41) is 0.267. The number of halogens is 1. The molecule has 1 amide bonds. The van der Waals surface area contributed by atoms with Gasteiger partial charge in [0.1, 0.15) is 12.4 Å². The second-order valence-electron chi connectivity index (χ2n) is 6.20. The fourth-order valence-electron chi connectivity index (χ4n) is 3.14. The van der Waals surface area contributed by atoms with Crippen molar-refractivity contribution in [1.29, 1.82) is 0 Å². The number of nitrogens with zero attached hydrogens (tertiary/aromatic N) is 2. The third kappa shape index (κ3) is 3.77. The zero-order valence-corrected chi connectivity index (χ0v) is 16.2. The number of benzene rings is 1. The molecule has 6 nitrogen and oxygen atoms in total. The number of rotatable bonds is 6. The topological polar surface area (TPSA) is 68.2 Å². The number of ether oxygens (including phenoxy) is 2. The number of esters is 1. The molecule has 1 saturated heterocycles. The summed E-state index contributed by atoms with van der Waals surface area (Å²) in [6.45, 7) is 3.96. The SMILES string of the molecule is CC[C@H]1SC2=NC(C)=C(C(=O)OCCOC)[C@H](c3cccc(F)c3)N2C1=O. The Kier molecular flexibility index (Phi) is 5.96. The predicted octanol–water partition coefficient (Wildman–Crippen LogP) is 3.05. The van der Waals surface area contributed by atoms with Gasteiger partial charge in [0.2, 0.25) is 5.91 Å². The Morgan fingerprint density at radius 3 is 2.81 bits per heavy atom. The summed E-state index contributed by atoms with van der Waals surface area (Å²) in [5.41, 5.74) is 1.22. The van der Waals surface area contributed by atoms with E-state index in [2.05, 4.69) is 4.99 Å². The molecule has 8 heteroatoms. The molecule has 3 rings (SSSR count). The van der Waals surface area contributed by atoms with Gasteiger partial charge in [0.25, 0.3) is 0 Å². The summed E-state index contributed by atoms with van der Waals surface area (Å²) in [5.74, 6) is -1.16. The van der Waals surface area contributed by atoms with E-state index in [1.54, 1.807) is 19.1 Å². The van der Waals surface area contributed by atoms with Crippen molar-refractivity contribution in [3.8, 4) is 0 Å². The van der Waals surface area contributed by atoms with Gasteiger partial charge in [-0.05, 0) is 31.0 Å². The molecule has 1 fully saturated rings. The summed E-state index contributed by atoms with van der Waals surface area (Å²) in [6, 6.07) is 5.15. The van der Waals surface area contributed by atoms with E-state index < -0.39 is 17.8 Å². The van der Waals surface area contributed by atoms with Crippen LogP contribution in [0.2, 0.25) is 0 Å². The molecule has 1 aromatic carbocycles. The van der Waals surface area contributed by atoms with Gasteiger partial charge >= 0.3 is 5.97 Å². The van der Waals surface area contributed by atoms with E-state index in [-0.39, 0.29) is 29.9 Å². The fraction of sp³-hybridized carbons (Fsp3) is 0.421. The maximum atomic E-state index is 13.9. The minimum atomic E-state index is -0.764. The summed E-state index contributed by atoms with van der Waals surface area (Å²) in [6.07, 6.45) is 0.640. The second kappa shape index (κ2) is 8.22. The van der Waals surface area contributed by atoms with Gasteiger partial charge in [0, 0.05) is 7.11 Å². The van der Waals surface area contributed by atoms with Gasteiger partial charge in [-0.3, -0.25) is 9.69 Å². The van der Waals surface area contributed by atoms with Crippen LogP contribution >= 0.6 is 11.8 Å². The van der Waals surface area contributed by atoms with Crippen molar-refractivity contribution in [1.82, 2.24) is 4.90 Å². The lowest BCUT2D eigenvalue weighted by molar-refractivity contribution is -0.141. The summed E-state index contributed by atoms with van der Waals surface area (Å²) in [4.78, 5) is 31.6. The Morgan fingerprint density at radius 1 is 1.37 bits per heavy atom. The van der Waals surface area contributed by atoms with Gasteiger partial charge in [0.05, 0.1) is 29.2 Å². The molecule has 27 heavy (non-hydrogen) atoms. The van der Waals surface area contributed by atoms with Gasteiger partial charge in [0.15, 0.2) is 5.17 Å². The number of aliphatic imine (C=N–C) groups is 1. The predicted molar refractivity (Wildman–Crippen MR) is 101 cm³/mol. The van der Waals surface area contributed by atoms with Crippen molar-refractivity contribution < 1.29 is 23.5 Å². The Hall–Kier alpha value is -2.19. The van der Waals surface area contributed by atoms with Crippen LogP contribution in [-0.2, 0) is 19.1 Å². The highest BCUT2D eigenvalue weighted by atomic mass is 32.2. The van der Waals surface area contributed by atoms with E-state index in [1.807, 2.05) is 6.92 Å². The minimum Gasteiger partial charge on any atom is -0.460 e. The first-order valence-electron chi connectivity index (χ1n) is 8.68. The highest BCUT2D eigenvalue weighted by Gasteiger charge is 2.47. The molecule has 144 valence electrons. The average Bonchev–Trinajstić information content (AvgIpc) is 2.96. The largest absolute Gasteiger partial charge is 0.460 e. The van der Waals surface area contributed by atoms with Gasteiger partial charge in [-0.2, -0.15) is 0 Å². The molecular formula is C19H21FN2O4S. The third-order valence-corrected chi connectivity index (χ3v) is 5.75. The maximum Gasteiger partial charge on any atom is 0.338 e. The van der Waals surface area contributed by atoms with Crippen LogP contribution in [0.1, 0.15) is 31.9 Å². The zero-order chi connectivity index (χ0) is 19.6. The van der Waals surface area contributed by atoms with Gasteiger partial charge in [-0.25, -0.2) is 14.2 Å². The van der Waals surface area contributed by atoms with Gasteiger partial charge in [-0.15, -0.1) is 0 Å². The molecule has 0 spiro atoms. The standard InChI is InChI=1S/C19H21FN2O4S/c1-4-14-17(23)22-16(12-6-5-7-13(20)10-12)15(11(2)21-19(22)27-14)18(24)26-9-8-25-3/h5-7,10,14,16H,4,8-9H2,1-3H3/t14-,16+/m1/s1. The number of amidine groups is 1. The molecule has 0 bridgehead atoms. The Labute approximate surface area is 161 Å². The number of hydrogen-bond donors (Lipinski definition) is 0. The lowest BCUT2D eigenvalue weighted by atomic mass is 9.94. The van der Waals surface area contributed by atoms with Crippen LogP contribution in [-0.4, -0.2) is 47.5 Å². The van der Waals surface area contributed by atoms with Crippen LogP contribution in [0.3, 0.4) is 0 Å². The molecule has 0 saturated carbocycles. The number of amides is 1. The summed E-state index contributed by atoms with van der Waals surface area (Å²) in [7, 11) is 1.51. The molecule has 2 aliphatic heterocycles. The van der Waals surface area contributed by atoms with Crippen molar-refractivity contribution >= 4 is 28.8 Å². The quantitative estimate of drug-likeness (QED) is 0.550. The fourth-order valence-corrected chi connectivity index (χ4v) is 4.27. The van der Waals surface area contributed by atoms with E-state index in [9.17, 15) is 14.0 Å². The average molecular weight is 392 g/mol. The molecule has 0 radical (unpaired) electrons. The highest BCUT2D eigenvalue weighted by Crippen LogP contribution is 2.44. The van der Waals surface area contributed by atoms with Crippen LogP contribution in [0, 0.1) is 5.82 Å². The normalized spacial score (nSPS) is 22.0. The third-order valence-electron chi connectivity index (χ3n) is 4.43. The lowest BCUT2D eigenvalue weighted by Gasteiger charge is -2.33. The van der Waals surface area contributed by atoms with Crippen LogP contribution in [0.5, 0.6) is 0 Å². The van der Waals surface area contributed by atoms with Crippen molar-refractivity contribution in [2.24, 2.45) is 4.99 Å². The Balaban J connectivity index is 2.05. The van der Waals surface area contributed by atoms with Crippen molar-refractivity contribution in [2.45, 2.75) is 31.6 Å². The van der Waals surface area contributed by atoms with Crippen LogP contribution in [0.4, 0.5) is 4.39 Å². The smallest absolute Gasteiger partial charge is 0.338 e. The maximum absolute atomic E-state index is 13.9. The van der Waals surface area contributed by atoms with Crippen LogP contribution in [0.25, 0.3) is 0 Å². The van der Waals surface area contributed by atoms with Crippen molar-refractivity contribution in [3.63, 3.8) is 0 Å². The van der Waals surface area contributed by atoms with E-state index in [0.29, 0.717) is 22.8 Å². The number of thioether (sulfide) groups is 1. The first-order chi connectivity index (χ1) is 13.0. The molecule has 0 N–H and O–H groups in total. The highest BCUT2D eigenvalue weighted by molar-refractivity contribution is 8.15. The first-order valence-corrected chi connectivity index (χ1v) is 9.56. The Bertz CT molecular complexity index is 824. The number of fused-ring (bicyclic) bond motifs is 1. The monoisotopic (exact) mass is 392 g/mol. The summed E-state index contributed by atoms with van der Waals surface area (Å²) < 4.78 is 24.1. The molecule has 0 unspecified atom stereocenters. The number of allylic oxidation sites excluding steroid dienone is 1. The first kappa shape index (κ1) is 19.6. The molecule has 2 atom stereocenters. The molecule has 0 aromatic heterocycles. The second-order valence-corrected chi connectivity index (χ2v) is 7.37. The molecule has 2 heterocycles. The summed E-state index contributed by atoms with van der Waals surface area (Å²) >= 11 is 1.37. The number of methoxy groups -OCH3 is 1. The Morgan fingerprint density at radius 2 is 2.15 bits per heavy atom. The zero-order valence-electron chi connectivity index (χ0n) is 15.4. The van der Waals surface area contributed by atoms with Crippen LogP contribution in [0.15, 0.2) is 40.5 Å². The number of hydrogen-bond acceptors (Lipinski definition) is 6. The van der Waals surface area contributed by atoms with E-state index in [4.69, 9.17) is 9.47 Å². The van der Waals surface area contributed by atoms with Crippen molar-refractivity contribution in [2.75, 3.05) is 20.3 Å². The molecule has 2 aliphatic rings. The van der Waals surface area contributed by atoms with E-state index in [0.717, 1.165) is 0 Å². The van der Waals surface area contributed by atoms with Crippen molar-refractivity contribution in [3.05, 3.63) is 46.9 Å². The van der Waals surface area contributed by atoms with Gasteiger partial charge in [-0.1, -0.05) is 30.8 Å². The molecule has 0 aliphatic carbocycles. The number of carbonyl (C=O) groups excluding carboxylic acids is 2. The van der Waals surface area contributed by atoms with E-state index in [1.165, 1.54) is 35.9 Å². The lowest BCUT2D eigenvalue weighted by Crippen LogP contribution is -2.41.